The van der Waals surface area contributed by atoms with E-state index in [-0.39, 0.29) is 62.3 Å². The lowest BCUT2D eigenvalue weighted by Gasteiger charge is -2.37. The highest BCUT2D eigenvalue weighted by Gasteiger charge is 2.35. The molecule has 2 aromatic heterocycles. The van der Waals surface area contributed by atoms with Crippen molar-refractivity contribution < 1.29 is 32.4 Å². The second kappa shape index (κ2) is 10.4. The van der Waals surface area contributed by atoms with E-state index in [4.69, 9.17) is 9.26 Å². The molecule has 0 spiro atoms. The highest BCUT2D eigenvalue weighted by molar-refractivity contribution is 5.95. The second-order valence-electron chi connectivity index (χ2n) is 8.88. The van der Waals surface area contributed by atoms with Crippen molar-refractivity contribution in [1.82, 2.24) is 30.4 Å². The molecule has 5 rings (SSSR count). The van der Waals surface area contributed by atoms with Crippen LogP contribution in [-0.2, 0) is 16.1 Å². The van der Waals surface area contributed by atoms with Crippen molar-refractivity contribution in [2.24, 2.45) is 0 Å². The Balaban J connectivity index is 1.19. The van der Waals surface area contributed by atoms with E-state index in [1.165, 1.54) is 37.8 Å². The molecule has 3 amide bonds. The number of hydrogen-bond donors (Lipinski definition) is 1. The normalized spacial score (nSPS) is 18.4. The summed E-state index contributed by atoms with van der Waals surface area (Å²) in [5.41, 5.74) is -0.195. The number of ether oxygens (including phenoxy) is 1. The largest absolute Gasteiger partial charge is 0.442 e. The van der Waals surface area contributed by atoms with Crippen molar-refractivity contribution in [3.05, 3.63) is 54.2 Å². The number of carbonyl (C=O) groups excluding carboxylic acids is 3. The highest BCUT2D eigenvalue weighted by atomic mass is 19.1. The molecular weight excluding hydrogens is 506 g/mol. The van der Waals surface area contributed by atoms with E-state index in [0.717, 1.165) is 12.1 Å². The summed E-state index contributed by atoms with van der Waals surface area (Å²) in [6, 6.07) is 2.73. The number of amides is 3. The molecule has 1 N–H and O–H groups in total. The number of cyclic esters (lactones) is 1. The Bertz CT molecular complexity index is 1290. The maximum Gasteiger partial charge on any atom is 0.414 e. The molecule has 0 radical (unpaired) electrons. The van der Waals surface area contributed by atoms with Crippen LogP contribution in [0.25, 0.3) is 0 Å². The molecule has 200 valence electrons. The Hall–Kier alpha value is -4.56. The molecule has 38 heavy (non-hydrogen) atoms. The number of halogens is 2. The number of nitrogens with zero attached hydrogens (tertiary/aromatic N) is 7. The monoisotopic (exact) mass is 530 g/mol. The van der Waals surface area contributed by atoms with Crippen LogP contribution >= 0.6 is 0 Å². The van der Waals surface area contributed by atoms with Crippen LogP contribution in [0.15, 0.2) is 41.3 Å². The van der Waals surface area contributed by atoms with Gasteiger partial charge in [-0.2, -0.15) is 0 Å². The molecular formula is C23H24F2N8O5. The van der Waals surface area contributed by atoms with Crippen molar-refractivity contribution in [1.29, 1.82) is 0 Å². The lowest BCUT2D eigenvalue weighted by atomic mass is 10.1. The van der Waals surface area contributed by atoms with Crippen LogP contribution in [0.2, 0.25) is 0 Å². The van der Waals surface area contributed by atoms with Gasteiger partial charge < -0.3 is 24.4 Å². The number of aromatic nitrogens is 4. The lowest BCUT2D eigenvalue weighted by molar-refractivity contribution is -0.133. The Labute approximate surface area is 214 Å². The number of carbonyl (C=O) groups is 3. The zero-order chi connectivity index (χ0) is 26.8. The minimum atomic E-state index is -0.833. The number of rotatable bonds is 7. The Morgan fingerprint density at radius 1 is 1.16 bits per heavy atom. The first-order valence-corrected chi connectivity index (χ1v) is 11.9. The van der Waals surface area contributed by atoms with Gasteiger partial charge in [-0.3, -0.25) is 14.5 Å². The van der Waals surface area contributed by atoms with Crippen LogP contribution in [0.4, 0.5) is 25.0 Å². The van der Waals surface area contributed by atoms with E-state index in [0.29, 0.717) is 0 Å². The molecule has 4 heterocycles. The van der Waals surface area contributed by atoms with Crippen molar-refractivity contribution in [3.8, 4) is 0 Å². The summed E-state index contributed by atoms with van der Waals surface area (Å²) >= 11 is 0. The molecule has 2 saturated heterocycles. The number of anilines is 2. The van der Waals surface area contributed by atoms with Gasteiger partial charge in [0.15, 0.2) is 11.6 Å². The molecule has 1 aromatic carbocycles. The first-order chi connectivity index (χ1) is 18.3. The molecule has 0 unspecified atom stereocenters. The van der Waals surface area contributed by atoms with E-state index < -0.39 is 35.8 Å². The van der Waals surface area contributed by atoms with Crippen molar-refractivity contribution in [2.75, 3.05) is 42.5 Å². The van der Waals surface area contributed by atoms with Crippen molar-refractivity contribution >= 4 is 29.3 Å². The molecule has 2 fully saturated rings. The molecule has 3 aromatic rings. The van der Waals surface area contributed by atoms with Crippen LogP contribution in [-0.4, -0.2) is 87.8 Å². The van der Waals surface area contributed by atoms with Gasteiger partial charge in [0.25, 0.3) is 5.91 Å². The van der Waals surface area contributed by atoms with Gasteiger partial charge in [-0.15, -0.1) is 5.10 Å². The third-order valence-electron chi connectivity index (χ3n) is 6.34. The third kappa shape index (κ3) is 5.12. The summed E-state index contributed by atoms with van der Waals surface area (Å²) in [5, 5.41) is 13.5. The van der Waals surface area contributed by atoms with Gasteiger partial charge in [-0.25, -0.2) is 18.3 Å². The standard InChI is InChI=1S/C23H24F2N8O5/c1-14(28-21(34)19-2-3-27-38-19)22(35)31-8-6-30(7-9-31)20-17(24)10-15(11-18(20)25)33-13-16(37-23(33)36)12-32-5-4-26-29-32/h2-5,10-11,14,16H,6-9,12-13H2,1H3,(H,28,34)/t14-,16-/m0/s1. The summed E-state index contributed by atoms with van der Waals surface area (Å²) < 4.78 is 41.8. The van der Waals surface area contributed by atoms with E-state index in [1.54, 1.807) is 13.1 Å². The minimum Gasteiger partial charge on any atom is -0.442 e. The first kappa shape index (κ1) is 25.1. The third-order valence-corrected chi connectivity index (χ3v) is 6.34. The lowest BCUT2D eigenvalue weighted by Crippen LogP contribution is -2.54. The number of nitrogens with one attached hydrogen (secondary N) is 1. The van der Waals surface area contributed by atoms with Crippen LogP contribution < -0.4 is 15.1 Å². The molecule has 0 aliphatic carbocycles. The molecule has 15 heteroatoms. The maximum atomic E-state index is 15.1. The molecule has 0 saturated carbocycles. The number of hydrogen-bond acceptors (Lipinski definition) is 9. The van der Waals surface area contributed by atoms with Gasteiger partial charge in [-0.1, -0.05) is 10.4 Å². The Kier molecular flexibility index (Phi) is 6.89. The van der Waals surface area contributed by atoms with Gasteiger partial charge in [0, 0.05) is 50.6 Å². The van der Waals surface area contributed by atoms with Crippen molar-refractivity contribution in [3.63, 3.8) is 0 Å². The fourth-order valence-electron chi connectivity index (χ4n) is 4.46. The molecule has 2 aliphatic rings. The molecule has 2 aliphatic heterocycles. The topological polar surface area (TPSA) is 139 Å². The summed E-state index contributed by atoms with van der Waals surface area (Å²) in [4.78, 5) is 41.4. The summed E-state index contributed by atoms with van der Waals surface area (Å²) in [6.07, 6.45) is 3.17. The average Bonchev–Trinajstić information content (AvgIpc) is 3.67. The van der Waals surface area contributed by atoms with E-state index >= 15 is 8.78 Å². The zero-order valence-electron chi connectivity index (χ0n) is 20.3. The highest BCUT2D eigenvalue weighted by Crippen LogP contribution is 2.31. The first-order valence-electron chi connectivity index (χ1n) is 11.9. The average molecular weight is 530 g/mol. The predicted molar refractivity (Wildman–Crippen MR) is 126 cm³/mol. The predicted octanol–water partition coefficient (Wildman–Crippen LogP) is 1.04. The van der Waals surface area contributed by atoms with Crippen LogP contribution in [0.3, 0.4) is 0 Å². The second-order valence-corrected chi connectivity index (χ2v) is 8.88. The van der Waals surface area contributed by atoms with Crippen LogP contribution in [0.1, 0.15) is 17.5 Å². The fraction of sp³-hybridized carbons (Fsp3) is 0.391. The fourth-order valence-corrected chi connectivity index (χ4v) is 4.46. The summed E-state index contributed by atoms with van der Waals surface area (Å²) in [6.45, 7) is 2.65. The van der Waals surface area contributed by atoms with Crippen molar-refractivity contribution in [2.45, 2.75) is 25.6 Å². The number of benzene rings is 1. The van der Waals surface area contributed by atoms with Gasteiger partial charge in [0.2, 0.25) is 11.7 Å². The van der Waals surface area contributed by atoms with Crippen LogP contribution in [0.5, 0.6) is 0 Å². The van der Waals surface area contributed by atoms with E-state index in [9.17, 15) is 14.4 Å². The van der Waals surface area contributed by atoms with Gasteiger partial charge in [0.05, 0.1) is 31.2 Å². The van der Waals surface area contributed by atoms with Gasteiger partial charge in [0.1, 0.15) is 17.8 Å². The van der Waals surface area contributed by atoms with Crippen LogP contribution in [0, 0.1) is 11.6 Å². The SMILES string of the molecule is C[C@H](NC(=O)c1ccno1)C(=O)N1CCN(c2c(F)cc(N3C[C@H](Cn4ccnn4)OC3=O)cc2F)CC1. The minimum absolute atomic E-state index is 0.0169. The van der Waals surface area contributed by atoms with Gasteiger partial charge >= 0.3 is 6.09 Å². The van der Waals surface area contributed by atoms with Gasteiger partial charge in [-0.05, 0) is 6.92 Å². The molecule has 0 bridgehead atoms. The van der Waals surface area contributed by atoms with E-state index in [2.05, 4.69) is 20.8 Å². The summed E-state index contributed by atoms with van der Waals surface area (Å²) in [5.74, 6) is -2.59. The molecule has 13 nitrogen and oxygen atoms in total. The Morgan fingerprint density at radius 3 is 2.53 bits per heavy atom. The summed E-state index contributed by atoms with van der Waals surface area (Å²) in [7, 11) is 0. The van der Waals surface area contributed by atoms with E-state index in [1.807, 2.05) is 0 Å². The zero-order valence-corrected chi connectivity index (χ0v) is 20.3. The number of piperazine rings is 1. The maximum absolute atomic E-state index is 15.1. The quantitative estimate of drug-likeness (QED) is 0.475. The smallest absolute Gasteiger partial charge is 0.414 e. The Morgan fingerprint density at radius 2 is 1.89 bits per heavy atom. The molecule has 2 atom stereocenters.